The molecule has 0 amide bonds. The van der Waals surface area contributed by atoms with E-state index in [2.05, 4.69) is 36.1 Å². The molecule has 0 unspecified atom stereocenters. The first-order chi connectivity index (χ1) is 7.81. The topological polar surface area (TPSA) is 3.24 Å². The third-order valence-electron chi connectivity index (χ3n) is 3.60. The number of halogens is 1. The van der Waals surface area contributed by atoms with Crippen LogP contribution in [0, 0.1) is 6.92 Å². The summed E-state index contributed by atoms with van der Waals surface area (Å²) in [5.74, 6) is 0.738. The number of nitrogens with zero attached hydrogens (tertiary/aromatic N) is 1. The van der Waals surface area contributed by atoms with E-state index in [4.69, 9.17) is 11.6 Å². The van der Waals surface area contributed by atoms with Crippen LogP contribution >= 0.6 is 11.6 Å². The molecule has 16 heavy (non-hydrogen) atoms. The molecule has 88 valence electrons. The van der Waals surface area contributed by atoms with Crippen molar-refractivity contribution < 1.29 is 0 Å². The smallest absolute Gasteiger partial charge is 0.0351 e. The van der Waals surface area contributed by atoms with E-state index in [1.165, 1.54) is 30.4 Å². The van der Waals surface area contributed by atoms with Gasteiger partial charge in [0.25, 0.3) is 0 Å². The van der Waals surface area contributed by atoms with E-state index in [1.54, 1.807) is 0 Å². The lowest BCUT2D eigenvalue weighted by atomic mass is 9.91. The molecule has 1 saturated carbocycles. The van der Waals surface area contributed by atoms with Crippen LogP contribution in [0.15, 0.2) is 24.3 Å². The Morgan fingerprint density at radius 3 is 2.62 bits per heavy atom. The molecule has 0 heterocycles. The molecule has 0 saturated heterocycles. The average Bonchev–Trinajstić information content (AvgIpc) is 2.19. The maximum atomic E-state index is 5.89. The largest absolute Gasteiger partial charge is 0.295 e. The minimum Gasteiger partial charge on any atom is -0.295 e. The summed E-state index contributed by atoms with van der Waals surface area (Å²) >= 11 is 5.89. The van der Waals surface area contributed by atoms with Crippen molar-refractivity contribution in [2.45, 2.75) is 38.8 Å². The Morgan fingerprint density at radius 2 is 2.06 bits per heavy atom. The molecular formula is C14H20ClN. The number of aryl methyl sites for hydroxylation is 1. The van der Waals surface area contributed by atoms with Gasteiger partial charge in [-0.05, 0) is 30.9 Å². The molecule has 1 aliphatic rings. The van der Waals surface area contributed by atoms with Gasteiger partial charge in [-0.25, -0.2) is 0 Å². The zero-order valence-electron chi connectivity index (χ0n) is 9.95. The summed E-state index contributed by atoms with van der Waals surface area (Å²) in [6, 6.07) is 9.43. The normalized spacial score (nSPS) is 16.4. The number of rotatable bonds is 5. The number of benzene rings is 1. The van der Waals surface area contributed by atoms with Crippen molar-refractivity contribution in [2.75, 3.05) is 12.4 Å². The summed E-state index contributed by atoms with van der Waals surface area (Å²) in [5.41, 5.74) is 2.83. The van der Waals surface area contributed by atoms with Gasteiger partial charge < -0.3 is 0 Å². The zero-order chi connectivity index (χ0) is 11.4. The van der Waals surface area contributed by atoms with Gasteiger partial charge in [-0.3, -0.25) is 4.90 Å². The van der Waals surface area contributed by atoms with E-state index in [9.17, 15) is 0 Å². The highest BCUT2D eigenvalue weighted by Gasteiger charge is 2.24. The molecule has 1 aromatic carbocycles. The maximum Gasteiger partial charge on any atom is 0.0351 e. The second kappa shape index (κ2) is 5.70. The van der Waals surface area contributed by atoms with Gasteiger partial charge in [-0.15, -0.1) is 11.6 Å². The van der Waals surface area contributed by atoms with Crippen LogP contribution in [-0.2, 0) is 6.54 Å². The van der Waals surface area contributed by atoms with E-state index >= 15 is 0 Å². The molecule has 0 aromatic heterocycles. The van der Waals surface area contributed by atoms with Crippen molar-refractivity contribution in [2.24, 2.45) is 0 Å². The standard InChI is InChI=1S/C14H20ClN/c1-12-5-2-3-6-13(12)11-16(10-9-15)14-7-4-8-14/h2-3,5-6,14H,4,7-11H2,1H3. The van der Waals surface area contributed by atoms with Crippen LogP contribution in [0.4, 0.5) is 0 Å². The fourth-order valence-corrected chi connectivity index (χ4v) is 2.47. The molecule has 1 nitrogen and oxygen atoms in total. The van der Waals surface area contributed by atoms with E-state index in [1.807, 2.05) is 0 Å². The van der Waals surface area contributed by atoms with Crippen LogP contribution in [0.5, 0.6) is 0 Å². The summed E-state index contributed by atoms with van der Waals surface area (Å²) in [4.78, 5) is 2.54. The van der Waals surface area contributed by atoms with E-state index in [0.717, 1.165) is 25.0 Å². The quantitative estimate of drug-likeness (QED) is 0.708. The van der Waals surface area contributed by atoms with Crippen molar-refractivity contribution in [3.8, 4) is 0 Å². The van der Waals surface area contributed by atoms with Crippen LogP contribution in [-0.4, -0.2) is 23.4 Å². The molecule has 0 bridgehead atoms. The predicted molar refractivity (Wildman–Crippen MR) is 69.9 cm³/mol. The highest BCUT2D eigenvalue weighted by Crippen LogP contribution is 2.26. The number of hydrogen-bond acceptors (Lipinski definition) is 1. The molecule has 1 aromatic rings. The van der Waals surface area contributed by atoms with Crippen LogP contribution < -0.4 is 0 Å². The van der Waals surface area contributed by atoms with Crippen molar-refractivity contribution in [3.05, 3.63) is 35.4 Å². The Kier molecular flexibility index (Phi) is 4.25. The molecular weight excluding hydrogens is 218 g/mol. The van der Waals surface area contributed by atoms with Gasteiger partial charge in [0.1, 0.15) is 0 Å². The molecule has 2 rings (SSSR count). The fraction of sp³-hybridized carbons (Fsp3) is 0.571. The zero-order valence-corrected chi connectivity index (χ0v) is 10.7. The maximum absolute atomic E-state index is 5.89. The van der Waals surface area contributed by atoms with Gasteiger partial charge >= 0.3 is 0 Å². The van der Waals surface area contributed by atoms with Crippen molar-refractivity contribution >= 4 is 11.6 Å². The Morgan fingerprint density at radius 1 is 1.31 bits per heavy atom. The van der Waals surface area contributed by atoms with Gasteiger partial charge in [0.05, 0.1) is 0 Å². The van der Waals surface area contributed by atoms with Crippen molar-refractivity contribution in [3.63, 3.8) is 0 Å². The first-order valence-electron chi connectivity index (χ1n) is 6.16. The molecule has 0 spiro atoms. The van der Waals surface area contributed by atoms with E-state index in [0.29, 0.717) is 0 Å². The van der Waals surface area contributed by atoms with Gasteiger partial charge in [0.2, 0.25) is 0 Å². The first kappa shape index (κ1) is 11.9. The number of hydrogen-bond donors (Lipinski definition) is 0. The molecule has 0 radical (unpaired) electrons. The molecule has 1 aliphatic carbocycles. The Balaban J connectivity index is 2.01. The van der Waals surface area contributed by atoms with Gasteiger partial charge in [0.15, 0.2) is 0 Å². The van der Waals surface area contributed by atoms with Crippen molar-refractivity contribution in [1.29, 1.82) is 0 Å². The minimum atomic E-state index is 0.738. The highest BCUT2D eigenvalue weighted by atomic mass is 35.5. The van der Waals surface area contributed by atoms with Crippen LogP contribution in [0.2, 0.25) is 0 Å². The summed E-state index contributed by atoms with van der Waals surface area (Å²) in [6.07, 6.45) is 4.09. The van der Waals surface area contributed by atoms with Crippen LogP contribution in [0.3, 0.4) is 0 Å². The summed E-state index contributed by atoms with van der Waals surface area (Å²) in [6.45, 7) is 4.26. The van der Waals surface area contributed by atoms with Crippen LogP contribution in [0.25, 0.3) is 0 Å². The average molecular weight is 238 g/mol. The van der Waals surface area contributed by atoms with E-state index in [-0.39, 0.29) is 0 Å². The lowest BCUT2D eigenvalue weighted by Gasteiger charge is -2.37. The third-order valence-corrected chi connectivity index (χ3v) is 3.77. The lowest BCUT2D eigenvalue weighted by Crippen LogP contribution is -2.40. The monoisotopic (exact) mass is 237 g/mol. The predicted octanol–water partition coefficient (Wildman–Crippen LogP) is 3.59. The minimum absolute atomic E-state index is 0.738. The Hall–Kier alpha value is -0.530. The van der Waals surface area contributed by atoms with Crippen LogP contribution in [0.1, 0.15) is 30.4 Å². The van der Waals surface area contributed by atoms with Gasteiger partial charge in [-0.2, -0.15) is 0 Å². The summed E-state index contributed by atoms with van der Waals surface area (Å²) in [7, 11) is 0. The molecule has 2 heteroatoms. The summed E-state index contributed by atoms with van der Waals surface area (Å²) in [5, 5.41) is 0. The Labute approximate surface area is 103 Å². The highest BCUT2D eigenvalue weighted by molar-refractivity contribution is 6.18. The molecule has 0 N–H and O–H groups in total. The fourth-order valence-electron chi connectivity index (χ4n) is 2.26. The van der Waals surface area contributed by atoms with Gasteiger partial charge in [0, 0.05) is 25.0 Å². The molecule has 1 fully saturated rings. The molecule has 0 atom stereocenters. The Bertz CT molecular complexity index is 333. The lowest BCUT2D eigenvalue weighted by molar-refractivity contribution is 0.127. The molecule has 0 aliphatic heterocycles. The van der Waals surface area contributed by atoms with E-state index < -0.39 is 0 Å². The first-order valence-corrected chi connectivity index (χ1v) is 6.69. The second-order valence-electron chi connectivity index (χ2n) is 4.67. The van der Waals surface area contributed by atoms with Gasteiger partial charge in [-0.1, -0.05) is 30.7 Å². The second-order valence-corrected chi connectivity index (χ2v) is 5.05. The van der Waals surface area contributed by atoms with Crippen molar-refractivity contribution in [1.82, 2.24) is 4.90 Å². The third kappa shape index (κ3) is 2.78. The summed E-state index contributed by atoms with van der Waals surface area (Å²) < 4.78 is 0. The number of alkyl halides is 1. The SMILES string of the molecule is Cc1ccccc1CN(CCCl)C1CCC1.